The number of hydrogen-bond donors (Lipinski definition) is 1. The number of hydrogen-bond acceptors (Lipinski definition) is 5. The number of carbonyl (C=O) groups excluding carboxylic acids is 1. The highest BCUT2D eigenvalue weighted by Crippen LogP contribution is 2.33. The minimum Gasteiger partial charge on any atom is -0.495 e. The number of nitrogens with zero attached hydrogens (tertiary/aromatic N) is 2. The Morgan fingerprint density at radius 2 is 2.12 bits per heavy atom. The predicted octanol–water partition coefficient (Wildman–Crippen LogP) is 3.28. The number of fused-ring (bicyclic) bond motifs is 2. The van der Waals surface area contributed by atoms with Crippen molar-refractivity contribution in [2.75, 3.05) is 12.4 Å². The Morgan fingerprint density at radius 1 is 1.29 bits per heavy atom. The number of benzene rings is 1. The van der Waals surface area contributed by atoms with E-state index in [2.05, 4.69) is 15.5 Å². The summed E-state index contributed by atoms with van der Waals surface area (Å²) in [7, 11) is 1.58. The summed E-state index contributed by atoms with van der Waals surface area (Å²) in [5.41, 5.74) is 4.30. The third kappa shape index (κ3) is 2.22. The van der Waals surface area contributed by atoms with Crippen LogP contribution in [0.3, 0.4) is 0 Å². The van der Waals surface area contributed by atoms with Crippen LogP contribution in [0.2, 0.25) is 0 Å². The van der Waals surface area contributed by atoms with Crippen LogP contribution in [0.15, 0.2) is 28.8 Å². The van der Waals surface area contributed by atoms with Gasteiger partial charge in [0.15, 0.2) is 0 Å². The summed E-state index contributed by atoms with van der Waals surface area (Å²) in [5.74, 6) is 0.436. The molecule has 0 atom stereocenters. The summed E-state index contributed by atoms with van der Waals surface area (Å²) in [4.78, 5) is 17.6. The second-order valence-electron chi connectivity index (χ2n) is 5.87. The van der Waals surface area contributed by atoms with E-state index in [1.165, 1.54) is 0 Å². The first kappa shape index (κ1) is 14.7. The molecule has 6 nitrogen and oxygen atoms in total. The number of para-hydroxylation sites is 2. The summed E-state index contributed by atoms with van der Waals surface area (Å²) in [6.07, 6.45) is 2.70. The van der Waals surface area contributed by atoms with Crippen LogP contribution in [0.4, 0.5) is 5.69 Å². The molecule has 1 aromatic carbocycles. The van der Waals surface area contributed by atoms with Crippen molar-refractivity contribution in [2.24, 2.45) is 0 Å². The quantitative estimate of drug-likeness (QED) is 0.800. The molecular weight excluding hydrogens is 306 g/mol. The summed E-state index contributed by atoms with van der Waals surface area (Å²) < 4.78 is 10.6. The molecule has 4 rings (SSSR count). The second-order valence-corrected chi connectivity index (χ2v) is 5.87. The fraction of sp³-hybridized carbons (Fsp3) is 0.278. The van der Waals surface area contributed by atoms with Gasteiger partial charge in [-0.3, -0.25) is 4.79 Å². The highest BCUT2D eigenvalue weighted by molar-refractivity contribution is 6.14. The third-order valence-electron chi connectivity index (χ3n) is 4.40. The zero-order valence-electron chi connectivity index (χ0n) is 13.5. The molecule has 122 valence electrons. The van der Waals surface area contributed by atoms with Gasteiger partial charge < -0.3 is 14.6 Å². The number of aromatic nitrogens is 2. The van der Waals surface area contributed by atoms with Crippen LogP contribution in [0.25, 0.3) is 11.1 Å². The lowest BCUT2D eigenvalue weighted by Crippen LogP contribution is -2.16. The molecule has 0 bridgehead atoms. The molecule has 0 aliphatic heterocycles. The average molecular weight is 323 g/mol. The molecule has 24 heavy (non-hydrogen) atoms. The first-order chi connectivity index (χ1) is 11.7. The SMILES string of the molecule is COc1ccccc1NC(=O)c1c2c(nc3onc(C)c13)CCC2. The van der Waals surface area contributed by atoms with Crippen LogP contribution in [-0.2, 0) is 12.8 Å². The Morgan fingerprint density at radius 3 is 2.96 bits per heavy atom. The van der Waals surface area contributed by atoms with Crippen LogP contribution in [0.5, 0.6) is 5.75 Å². The molecule has 6 heteroatoms. The van der Waals surface area contributed by atoms with Crippen LogP contribution >= 0.6 is 0 Å². The van der Waals surface area contributed by atoms with Gasteiger partial charge in [0.25, 0.3) is 11.6 Å². The van der Waals surface area contributed by atoms with Crippen LogP contribution < -0.4 is 10.1 Å². The van der Waals surface area contributed by atoms with E-state index < -0.39 is 0 Å². The van der Waals surface area contributed by atoms with Gasteiger partial charge in [-0.2, -0.15) is 0 Å². The molecule has 0 saturated heterocycles. The molecule has 1 aliphatic carbocycles. The maximum absolute atomic E-state index is 13.0. The van der Waals surface area contributed by atoms with E-state index in [1.54, 1.807) is 7.11 Å². The van der Waals surface area contributed by atoms with Gasteiger partial charge in [-0.1, -0.05) is 17.3 Å². The summed E-state index contributed by atoms with van der Waals surface area (Å²) in [6, 6.07) is 7.35. The van der Waals surface area contributed by atoms with E-state index in [-0.39, 0.29) is 5.91 Å². The number of nitrogens with one attached hydrogen (secondary N) is 1. The van der Waals surface area contributed by atoms with Crippen molar-refractivity contribution in [2.45, 2.75) is 26.2 Å². The van der Waals surface area contributed by atoms with E-state index in [0.717, 1.165) is 30.5 Å². The van der Waals surface area contributed by atoms with Crippen LogP contribution in [0.1, 0.15) is 33.7 Å². The van der Waals surface area contributed by atoms with Gasteiger partial charge in [-0.05, 0) is 43.9 Å². The number of anilines is 1. The number of pyridine rings is 1. The number of rotatable bonds is 3. The smallest absolute Gasteiger partial charge is 0.259 e. The van der Waals surface area contributed by atoms with Gasteiger partial charge in [-0.25, -0.2) is 4.98 Å². The summed E-state index contributed by atoms with van der Waals surface area (Å²) >= 11 is 0. The maximum Gasteiger partial charge on any atom is 0.259 e. The van der Waals surface area contributed by atoms with E-state index in [0.29, 0.717) is 33.8 Å². The molecule has 0 spiro atoms. The summed E-state index contributed by atoms with van der Waals surface area (Å²) in [5, 5.41) is 7.63. The lowest BCUT2D eigenvalue weighted by Gasteiger charge is -2.12. The predicted molar refractivity (Wildman–Crippen MR) is 89.5 cm³/mol. The monoisotopic (exact) mass is 323 g/mol. The van der Waals surface area contributed by atoms with Gasteiger partial charge in [0.05, 0.1) is 29.4 Å². The largest absolute Gasteiger partial charge is 0.495 e. The summed E-state index contributed by atoms with van der Waals surface area (Å²) in [6.45, 7) is 1.83. The van der Waals surface area contributed by atoms with Crippen molar-refractivity contribution < 1.29 is 14.1 Å². The Bertz CT molecular complexity index is 946. The van der Waals surface area contributed by atoms with E-state index in [1.807, 2.05) is 31.2 Å². The Balaban J connectivity index is 1.84. The molecule has 1 amide bonds. The van der Waals surface area contributed by atoms with Crippen molar-refractivity contribution in [1.29, 1.82) is 0 Å². The van der Waals surface area contributed by atoms with Gasteiger partial charge in [0.1, 0.15) is 5.75 Å². The first-order valence-corrected chi connectivity index (χ1v) is 7.91. The van der Waals surface area contributed by atoms with Gasteiger partial charge in [-0.15, -0.1) is 0 Å². The molecule has 0 radical (unpaired) electrons. The minimum atomic E-state index is -0.184. The lowest BCUT2D eigenvalue weighted by atomic mass is 10.0. The minimum absolute atomic E-state index is 0.184. The molecule has 2 aromatic heterocycles. The number of carbonyl (C=O) groups is 1. The molecular formula is C18H17N3O3. The fourth-order valence-corrected chi connectivity index (χ4v) is 3.30. The highest BCUT2D eigenvalue weighted by Gasteiger charge is 2.27. The van der Waals surface area contributed by atoms with E-state index in [4.69, 9.17) is 9.26 Å². The van der Waals surface area contributed by atoms with Crippen molar-refractivity contribution in [3.8, 4) is 5.75 Å². The topological polar surface area (TPSA) is 77.2 Å². The molecule has 1 N–H and O–H groups in total. The van der Waals surface area contributed by atoms with Gasteiger partial charge in [0, 0.05) is 5.69 Å². The Labute approximate surface area is 138 Å². The zero-order chi connectivity index (χ0) is 16.7. The molecule has 0 unspecified atom stereocenters. The van der Waals surface area contributed by atoms with Crippen molar-refractivity contribution in [3.63, 3.8) is 0 Å². The van der Waals surface area contributed by atoms with Crippen LogP contribution in [-0.4, -0.2) is 23.2 Å². The zero-order valence-corrected chi connectivity index (χ0v) is 13.5. The fourth-order valence-electron chi connectivity index (χ4n) is 3.30. The lowest BCUT2D eigenvalue weighted by molar-refractivity contribution is 0.102. The molecule has 0 fully saturated rings. The van der Waals surface area contributed by atoms with Gasteiger partial charge >= 0.3 is 0 Å². The number of ether oxygens (including phenoxy) is 1. The Hall–Kier alpha value is -2.89. The molecule has 1 aliphatic rings. The molecule has 0 saturated carbocycles. The van der Waals surface area contributed by atoms with E-state index in [9.17, 15) is 4.79 Å². The number of aryl methyl sites for hydroxylation is 2. The van der Waals surface area contributed by atoms with Gasteiger partial charge in [0.2, 0.25) is 0 Å². The number of amides is 1. The normalized spacial score (nSPS) is 13.1. The standard InChI is InChI=1S/C18H17N3O3/c1-10-15-16(11-6-5-8-12(11)20-18(15)24-21-10)17(22)19-13-7-3-4-9-14(13)23-2/h3-4,7,9H,5-6,8H2,1-2H3,(H,19,22). The Kier molecular flexibility index (Phi) is 3.45. The first-order valence-electron chi connectivity index (χ1n) is 7.91. The molecule has 2 heterocycles. The molecule has 3 aromatic rings. The third-order valence-corrected chi connectivity index (χ3v) is 4.40. The van der Waals surface area contributed by atoms with Crippen molar-refractivity contribution >= 4 is 22.7 Å². The highest BCUT2D eigenvalue weighted by atomic mass is 16.5. The maximum atomic E-state index is 13.0. The average Bonchev–Trinajstić information content (AvgIpc) is 3.20. The van der Waals surface area contributed by atoms with Crippen molar-refractivity contribution in [1.82, 2.24) is 10.1 Å². The van der Waals surface area contributed by atoms with E-state index >= 15 is 0 Å². The van der Waals surface area contributed by atoms with Crippen molar-refractivity contribution in [3.05, 3.63) is 46.8 Å². The second kappa shape index (κ2) is 5.63. The number of methoxy groups -OCH3 is 1. The van der Waals surface area contributed by atoms with Crippen LogP contribution in [0, 0.1) is 6.92 Å².